The number of thiazole rings is 1. The van der Waals surface area contributed by atoms with Crippen molar-refractivity contribution in [2.24, 2.45) is 5.73 Å². The van der Waals surface area contributed by atoms with E-state index >= 15 is 0 Å². The molecule has 20 heavy (non-hydrogen) atoms. The Kier molecular flexibility index (Phi) is 3.46. The Morgan fingerprint density at radius 2 is 1.90 bits per heavy atom. The normalized spacial score (nSPS) is 11.4. The summed E-state index contributed by atoms with van der Waals surface area (Å²) in [6.45, 7) is 4.83. The Morgan fingerprint density at radius 3 is 2.55 bits per heavy atom. The van der Waals surface area contributed by atoms with Crippen LogP contribution in [0.15, 0.2) is 30.6 Å². The molecule has 3 aromatic rings. The lowest BCUT2D eigenvalue weighted by Crippen LogP contribution is -1.99. The monoisotopic (exact) mass is 284 g/mol. The summed E-state index contributed by atoms with van der Waals surface area (Å²) in [5.41, 5.74) is 9.78. The molecule has 0 bridgehead atoms. The van der Waals surface area contributed by atoms with E-state index < -0.39 is 0 Å². The Bertz CT molecular complexity index is 748. The fraction of sp³-hybridized carbons (Fsp3) is 0.267. The average molecular weight is 284 g/mol. The minimum Gasteiger partial charge on any atom is -0.326 e. The SMILES string of the molecule is CC(C)c1nc(-c2ccc3nccnc3c2)sc1CN. The van der Waals surface area contributed by atoms with Gasteiger partial charge in [0.15, 0.2) is 0 Å². The van der Waals surface area contributed by atoms with E-state index in [-0.39, 0.29) is 0 Å². The molecule has 0 saturated heterocycles. The first-order chi connectivity index (χ1) is 9.69. The van der Waals surface area contributed by atoms with Crippen LogP contribution >= 0.6 is 11.3 Å². The first kappa shape index (κ1) is 13.1. The first-order valence-corrected chi connectivity index (χ1v) is 7.41. The van der Waals surface area contributed by atoms with Crippen LogP contribution in [0.4, 0.5) is 0 Å². The minimum atomic E-state index is 0.388. The van der Waals surface area contributed by atoms with Crippen molar-refractivity contribution in [2.45, 2.75) is 26.3 Å². The van der Waals surface area contributed by atoms with Crippen molar-refractivity contribution in [2.75, 3.05) is 0 Å². The van der Waals surface area contributed by atoms with E-state index in [1.807, 2.05) is 18.2 Å². The fourth-order valence-electron chi connectivity index (χ4n) is 2.18. The highest BCUT2D eigenvalue weighted by atomic mass is 32.1. The van der Waals surface area contributed by atoms with Crippen molar-refractivity contribution >= 4 is 22.4 Å². The van der Waals surface area contributed by atoms with Gasteiger partial charge < -0.3 is 5.73 Å². The van der Waals surface area contributed by atoms with Crippen LogP contribution in [-0.4, -0.2) is 15.0 Å². The largest absolute Gasteiger partial charge is 0.326 e. The highest BCUT2D eigenvalue weighted by molar-refractivity contribution is 7.15. The molecule has 5 heteroatoms. The molecule has 0 aliphatic rings. The van der Waals surface area contributed by atoms with Crippen LogP contribution in [0.25, 0.3) is 21.6 Å². The Balaban J connectivity index is 2.10. The number of nitrogens with zero attached hydrogens (tertiary/aromatic N) is 3. The summed E-state index contributed by atoms with van der Waals surface area (Å²) < 4.78 is 0. The molecule has 2 N–H and O–H groups in total. The molecule has 2 aromatic heterocycles. The predicted octanol–water partition coefficient (Wildman–Crippen LogP) is 3.34. The lowest BCUT2D eigenvalue weighted by molar-refractivity contribution is 0.814. The van der Waals surface area contributed by atoms with Gasteiger partial charge in [0.25, 0.3) is 0 Å². The van der Waals surface area contributed by atoms with Crippen molar-refractivity contribution in [3.05, 3.63) is 41.2 Å². The van der Waals surface area contributed by atoms with Crippen LogP contribution in [0.2, 0.25) is 0 Å². The van der Waals surface area contributed by atoms with Gasteiger partial charge in [0.05, 0.1) is 16.7 Å². The Labute approximate surface area is 121 Å². The summed E-state index contributed by atoms with van der Waals surface area (Å²) in [6.07, 6.45) is 3.41. The highest BCUT2D eigenvalue weighted by Gasteiger charge is 2.14. The molecule has 102 valence electrons. The summed E-state index contributed by atoms with van der Waals surface area (Å²) in [5.74, 6) is 0.388. The second-order valence-corrected chi connectivity index (χ2v) is 6.03. The maximum Gasteiger partial charge on any atom is 0.124 e. The maximum atomic E-state index is 5.82. The van der Waals surface area contributed by atoms with Crippen molar-refractivity contribution < 1.29 is 0 Å². The Morgan fingerprint density at radius 1 is 1.15 bits per heavy atom. The summed E-state index contributed by atoms with van der Waals surface area (Å²) in [5, 5.41) is 1.00. The molecule has 0 saturated carbocycles. The van der Waals surface area contributed by atoms with Gasteiger partial charge in [0.2, 0.25) is 0 Å². The van der Waals surface area contributed by atoms with Crippen LogP contribution in [0, 0.1) is 0 Å². The molecule has 0 aliphatic carbocycles. The van der Waals surface area contributed by atoms with Crippen molar-refractivity contribution in [3.63, 3.8) is 0 Å². The zero-order chi connectivity index (χ0) is 14.1. The maximum absolute atomic E-state index is 5.82. The van der Waals surface area contributed by atoms with Crippen LogP contribution in [-0.2, 0) is 6.54 Å². The van der Waals surface area contributed by atoms with Crippen molar-refractivity contribution in [1.29, 1.82) is 0 Å². The van der Waals surface area contributed by atoms with Crippen molar-refractivity contribution in [1.82, 2.24) is 15.0 Å². The van der Waals surface area contributed by atoms with E-state index in [0.29, 0.717) is 12.5 Å². The molecule has 1 aromatic carbocycles. The van der Waals surface area contributed by atoms with E-state index in [4.69, 9.17) is 10.7 Å². The lowest BCUT2D eigenvalue weighted by Gasteiger charge is -2.02. The molecule has 0 unspecified atom stereocenters. The topological polar surface area (TPSA) is 64.7 Å². The third-order valence-electron chi connectivity index (χ3n) is 3.18. The van der Waals surface area contributed by atoms with Crippen LogP contribution in [0.1, 0.15) is 30.3 Å². The van der Waals surface area contributed by atoms with Crippen molar-refractivity contribution in [3.8, 4) is 10.6 Å². The lowest BCUT2D eigenvalue weighted by atomic mass is 10.1. The van der Waals surface area contributed by atoms with Gasteiger partial charge in [-0.15, -0.1) is 11.3 Å². The molecule has 0 radical (unpaired) electrons. The smallest absolute Gasteiger partial charge is 0.124 e. The molecular formula is C15H16N4S. The molecule has 0 spiro atoms. The van der Waals surface area contributed by atoms with E-state index in [9.17, 15) is 0 Å². The molecule has 0 aliphatic heterocycles. The van der Waals surface area contributed by atoms with E-state index in [0.717, 1.165) is 32.2 Å². The number of aromatic nitrogens is 3. The highest BCUT2D eigenvalue weighted by Crippen LogP contribution is 2.32. The first-order valence-electron chi connectivity index (χ1n) is 6.60. The van der Waals surface area contributed by atoms with E-state index in [1.165, 1.54) is 0 Å². The van der Waals surface area contributed by atoms with Crippen LogP contribution in [0.5, 0.6) is 0 Å². The summed E-state index contributed by atoms with van der Waals surface area (Å²) >= 11 is 1.67. The molecule has 0 amide bonds. The second-order valence-electron chi connectivity index (χ2n) is 4.95. The van der Waals surface area contributed by atoms with E-state index in [1.54, 1.807) is 23.7 Å². The summed E-state index contributed by atoms with van der Waals surface area (Å²) in [4.78, 5) is 14.5. The number of rotatable bonds is 3. The third-order valence-corrected chi connectivity index (χ3v) is 4.32. The van der Waals surface area contributed by atoms with Gasteiger partial charge >= 0.3 is 0 Å². The van der Waals surface area contributed by atoms with E-state index in [2.05, 4.69) is 23.8 Å². The molecule has 0 fully saturated rings. The number of nitrogens with two attached hydrogens (primary N) is 1. The predicted molar refractivity (Wildman–Crippen MR) is 82.6 cm³/mol. The van der Waals surface area contributed by atoms with Gasteiger partial charge in [-0.3, -0.25) is 9.97 Å². The zero-order valence-electron chi connectivity index (χ0n) is 11.5. The molecule has 3 rings (SSSR count). The Hall–Kier alpha value is -1.85. The standard InChI is InChI=1S/C15H16N4S/c1-9(2)14-13(8-16)20-15(19-14)10-3-4-11-12(7-10)18-6-5-17-11/h3-7,9H,8,16H2,1-2H3. The number of hydrogen-bond acceptors (Lipinski definition) is 5. The van der Waals surface area contributed by atoms with Crippen LogP contribution < -0.4 is 5.73 Å². The van der Waals surface area contributed by atoms with Crippen LogP contribution in [0.3, 0.4) is 0 Å². The molecule has 4 nitrogen and oxygen atoms in total. The number of fused-ring (bicyclic) bond motifs is 1. The second kappa shape index (κ2) is 5.26. The van der Waals surface area contributed by atoms with Gasteiger partial charge in [0.1, 0.15) is 5.01 Å². The van der Waals surface area contributed by atoms with Gasteiger partial charge in [-0.25, -0.2) is 4.98 Å². The van der Waals surface area contributed by atoms with Gasteiger partial charge in [0, 0.05) is 29.4 Å². The van der Waals surface area contributed by atoms with Gasteiger partial charge in [-0.05, 0) is 24.1 Å². The quantitative estimate of drug-likeness (QED) is 0.801. The summed E-state index contributed by atoms with van der Waals surface area (Å²) in [6, 6.07) is 6.06. The van der Waals surface area contributed by atoms with Gasteiger partial charge in [-0.2, -0.15) is 0 Å². The molecule has 2 heterocycles. The average Bonchev–Trinajstić information content (AvgIpc) is 2.91. The van der Waals surface area contributed by atoms with Gasteiger partial charge in [-0.1, -0.05) is 13.8 Å². The fourth-order valence-corrected chi connectivity index (χ4v) is 3.27. The number of hydrogen-bond donors (Lipinski definition) is 1. The molecule has 0 atom stereocenters. The molecular weight excluding hydrogens is 268 g/mol. The number of benzene rings is 1. The third kappa shape index (κ3) is 2.30. The summed E-state index contributed by atoms with van der Waals surface area (Å²) in [7, 11) is 0. The zero-order valence-corrected chi connectivity index (χ0v) is 12.3. The minimum absolute atomic E-state index is 0.388.